The highest BCUT2D eigenvalue weighted by Crippen LogP contribution is 2.22. The minimum atomic E-state index is -1.33. The minimum absolute atomic E-state index is 0.190. The van der Waals surface area contributed by atoms with Crippen LogP contribution in [0.2, 0.25) is 0 Å². The van der Waals surface area contributed by atoms with Crippen LogP contribution in [0.1, 0.15) is 27.7 Å². The molecular weight excluding hydrogens is 201 g/mol. The maximum absolute atomic E-state index is 11.4. The van der Waals surface area contributed by atoms with E-state index in [0.717, 1.165) is 0 Å². The second-order valence-electron chi connectivity index (χ2n) is 3.71. The molecule has 0 aromatic heterocycles. The predicted octanol–water partition coefficient (Wildman–Crippen LogP) is 1.72. The molecule has 0 aliphatic heterocycles. The maximum Gasteiger partial charge on any atom is 0.353 e. The smallest absolute Gasteiger partial charge is 0.353 e. The summed E-state index contributed by atoms with van der Waals surface area (Å²) in [5.41, 5.74) is -0.781. The molecule has 0 saturated heterocycles. The molecule has 2 atom stereocenters. The average Bonchev–Trinajstić information content (AvgIpc) is 2.03. The zero-order chi connectivity index (χ0) is 11.4. The SMILES string of the molecule is CCOC(=O)C(C)(C)NC(C)[P+](C)=O. The third-order valence-electron chi connectivity index (χ3n) is 1.90. The zero-order valence-corrected chi connectivity index (χ0v) is 10.4. The first-order valence-electron chi connectivity index (χ1n) is 4.66. The summed E-state index contributed by atoms with van der Waals surface area (Å²) in [5.74, 6) is -0.506. The van der Waals surface area contributed by atoms with Gasteiger partial charge < -0.3 is 4.74 Å². The quantitative estimate of drug-likeness (QED) is 0.566. The van der Waals surface area contributed by atoms with Crippen LogP contribution in [0, 0.1) is 0 Å². The largest absolute Gasteiger partial charge is 0.465 e. The van der Waals surface area contributed by atoms with Crippen molar-refractivity contribution in [3.05, 3.63) is 0 Å². The molecule has 0 rings (SSSR count). The van der Waals surface area contributed by atoms with Gasteiger partial charge in [0.15, 0.2) is 0 Å². The Morgan fingerprint density at radius 3 is 2.43 bits per heavy atom. The van der Waals surface area contributed by atoms with Gasteiger partial charge in [-0.2, -0.15) is 0 Å². The fraction of sp³-hybridized carbons (Fsp3) is 0.889. The number of hydrogen-bond donors (Lipinski definition) is 1. The molecule has 4 nitrogen and oxygen atoms in total. The van der Waals surface area contributed by atoms with Crippen LogP contribution in [0.5, 0.6) is 0 Å². The number of rotatable bonds is 5. The summed E-state index contributed by atoms with van der Waals surface area (Å²) in [6, 6.07) is 0. The molecule has 0 radical (unpaired) electrons. The zero-order valence-electron chi connectivity index (χ0n) is 9.46. The van der Waals surface area contributed by atoms with Crippen molar-refractivity contribution in [1.29, 1.82) is 0 Å². The Bertz CT molecular complexity index is 228. The fourth-order valence-electron chi connectivity index (χ4n) is 0.984. The topological polar surface area (TPSA) is 55.4 Å². The molecule has 0 bridgehead atoms. The number of hydrogen-bond acceptors (Lipinski definition) is 4. The van der Waals surface area contributed by atoms with E-state index < -0.39 is 13.3 Å². The summed E-state index contributed by atoms with van der Waals surface area (Å²) >= 11 is 0. The third kappa shape index (κ3) is 4.16. The lowest BCUT2D eigenvalue weighted by Crippen LogP contribution is -2.50. The van der Waals surface area contributed by atoms with Crippen LogP contribution in [0.15, 0.2) is 0 Å². The van der Waals surface area contributed by atoms with E-state index in [0.29, 0.717) is 6.61 Å². The number of ether oxygens (including phenoxy) is 1. The van der Waals surface area contributed by atoms with Crippen LogP contribution in [-0.4, -0.2) is 30.6 Å². The van der Waals surface area contributed by atoms with Crippen molar-refractivity contribution < 1.29 is 14.1 Å². The Hall–Kier alpha value is -0.470. The van der Waals surface area contributed by atoms with E-state index in [1.165, 1.54) is 0 Å². The Morgan fingerprint density at radius 1 is 1.57 bits per heavy atom. The molecule has 82 valence electrons. The van der Waals surface area contributed by atoms with Crippen LogP contribution in [0.4, 0.5) is 0 Å². The molecule has 1 N–H and O–H groups in total. The number of nitrogens with one attached hydrogen (secondary N) is 1. The molecule has 0 saturated carbocycles. The first-order valence-corrected chi connectivity index (χ1v) is 6.43. The molecule has 2 unspecified atom stereocenters. The molecule has 0 amide bonds. The molecular formula is C9H19NO3P+. The van der Waals surface area contributed by atoms with Gasteiger partial charge in [0.2, 0.25) is 5.78 Å². The number of carbonyl (C=O) groups is 1. The van der Waals surface area contributed by atoms with Gasteiger partial charge >= 0.3 is 13.8 Å². The second-order valence-corrected chi connectivity index (χ2v) is 5.58. The summed E-state index contributed by atoms with van der Waals surface area (Å²) < 4.78 is 16.0. The lowest BCUT2D eigenvalue weighted by molar-refractivity contribution is -0.149. The highest BCUT2D eigenvalue weighted by Gasteiger charge is 2.34. The van der Waals surface area contributed by atoms with Crippen LogP contribution < -0.4 is 5.32 Å². The van der Waals surface area contributed by atoms with Crippen LogP contribution in [0.25, 0.3) is 0 Å². The molecule has 0 aliphatic carbocycles. The third-order valence-corrected chi connectivity index (χ3v) is 3.12. The van der Waals surface area contributed by atoms with Gasteiger partial charge in [-0.3, -0.25) is 10.1 Å². The van der Waals surface area contributed by atoms with Gasteiger partial charge in [-0.05, 0) is 27.7 Å². The first-order chi connectivity index (χ1) is 6.31. The normalized spacial score (nSPS) is 14.8. The monoisotopic (exact) mass is 220 g/mol. The van der Waals surface area contributed by atoms with Crippen molar-refractivity contribution in [2.45, 2.75) is 39.0 Å². The summed E-state index contributed by atoms with van der Waals surface area (Å²) in [6.07, 6.45) is 0. The van der Waals surface area contributed by atoms with E-state index in [1.54, 1.807) is 34.4 Å². The number of esters is 1. The highest BCUT2D eigenvalue weighted by molar-refractivity contribution is 7.44. The van der Waals surface area contributed by atoms with Gasteiger partial charge in [0, 0.05) is 0 Å². The van der Waals surface area contributed by atoms with E-state index in [4.69, 9.17) is 4.74 Å². The summed E-state index contributed by atoms with van der Waals surface area (Å²) in [4.78, 5) is 11.4. The standard InChI is InChI=1S/C9H19NO3P/c1-6-13-8(11)9(3,4)10-7(2)14(5)12/h7,10H,6H2,1-5H3/q+1. The van der Waals surface area contributed by atoms with Crippen molar-refractivity contribution in [3.8, 4) is 0 Å². The summed E-state index contributed by atoms with van der Waals surface area (Å²) in [6.45, 7) is 8.99. The van der Waals surface area contributed by atoms with Gasteiger partial charge in [0.05, 0.1) is 6.61 Å². The Morgan fingerprint density at radius 2 is 2.07 bits per heavy atom. The van der Waals surface area contributed by atoms with E-state index in [1.807, 2.05) is 0 Å². The molecule has 0 aliphatic rings. The molecule has 0 fully saturated rings. The molecule has 0 spiro atoms. The molecule has 0 aromatic carbocycles. The van der Waals surface area contributed by atoms with E-state index in [-0.39, 0.29) is 11.8 Å². The minimum Gasteiger partial charge on any atom is -0.465 e. The summed E-state index contributed by atoms with van der Waals surface area (Å²) in [7, 11) is -1.33. The molecule has 5 heteroatoms. The van der Waals surface area contributed by atoms with Gasteiger partial charge in [-0.15, -0.1) is 0 Å². The maximum atomic E-state index is 11.4. The lowest BCUT2D eigenvalue weighted by atomic mass is 10.1. The summed E-state index contributed by atoms with van der Waals surface area (Å²) in [5, 5.41) is 2.98. The van der Waals surface area contributed by atoms with Crippen molar-refractivity contribution in [3.63, 3.8) is 0 Å². The van der Waals surface area contributed by atoms with Crippen LogP contribution in [-0.2, 0) is 14.1 Å². The highest BCUT2D eigenvalue weighted by atomic mass is 31.1. The van der Waals surface area contributed by atoms with E-state index >= 15 is 0 Å². The van der Waals surface area contributed by atoms with Crippen LogP contribution >= 0.6 is 7.80 Å². The van der Waals surface area contributed by atoms with Crippen LogP contribution in [0.3, 0.4) is 0 Å². The molecule has 14 heavy (non-hydrogen) atoms. The van der Waals surface area contributed by atoms with Gasteiger partial charge in [0.25, 0.3) is 0 Å². The van der Waals surface area contributed by atoms with Crippen molar-refractivity contribution in [1.82, 2.24) is 5.32 Å². The molecule has 0 aromatic rings. The van der Waals surface area contributed by atoms with Crippen molar-refractivity contribution in [2.75, 3.05) is 13.3 Å². The number of carbonyl (C=O) groups excluding carboxylic acids is 1. The van der Waals surface area contributed by atoms with Crippen molar-refractivity contribution >= 4 is 13.8 Å². The van der Waals surface area contributed by atoms with Gasteiger partial charge in [0.1, 0.15) is 12.2 Å². The van der Waals surface area contributed by atoms with Gasteiger partial charge in [-0.1, -0.05) is 4.57 Å². The van der Waals surface area contributed by atoms with Gasteiger partial charge in [-0.25, -0.2) is 0 Å². The molecule has 0 heterocycles. The fourth-order valence-corrected chi connectivity index (χ4v) is 1.49. The second kappa shape index (κ2) is 5.42. The first kappa shape index (κ1) is 13.5. The van der Waals surface area contributed by atoms with E-state index in [9.17, 15) is 9.36 Å². The van der Waals surface area contributed by atoms with E-state index in [2.05, 4.69) is 5.32 Å². The Labute approximate surface area is 86.2 Å². The average molecular weight is 220 g/mol. The predicted molar refractivity (Wildman–Crippen MR) is 56.8 cm³/mol. The Balaban J connectivity index is 4.32. The Kier molecular flexibility index (Phi) is 5.24. The lowest BCUT2D eigenvalue weighted by Gasteiger charge is -2.23. The van der Waals surface area contributed by atoms with Crippen molar-refractivity contribution in [2.24, 2.45) is 0 Å².